The van der Waals surface area contributed by atoms with Crippen molar-refractivity contribution in [3.63, 3.8) is 0 Å². The van der Waals surface area contributed by atoms with Crippen LogP contribution >= 0.6 is 0 Å². The molecule has 15 heavy (non-hydrogen) atoms. The van der Waals surface area contributed by atoms with E-state index in [1.165, 1.54) is 27.7 Å². The predicted octanol–water partition coefficient (Wildman–Crippen LogP) is 1.72. The second-order valence-electron chi connectivity index (χ2n) is 4.55. The Kier molecular flexibility index (Phi) is 2.24. The highest BCUT2D eigenvalue weighted by Crippen LogP contribution is 2.39. The van der Waals surface area contributed by atoms with E-state index in [4.69, 9.17) is 0 Å². The van der Waals surface area contributed by atoms with E-state index in [1.54, 1.807) is 0 Å². The first-order valence-corrected chi connectivity index (χ1v) is 4.34. The molecule has 4 nitrogen and oxygen atoms in total. The Hall–Kier alpha value is -0.980. The Bertz CT molecular complexity index is 320. The van der Waals surface area contributed by atoms with Gasteiger partial charge in [-0.15, -0.1) is 5.06 Å². The van der Waals surface area contributed by atoms with Crippen molar-refractivity contribution in [2.24, 2.45) is 0 Å². The van der Waals surface area contributed by atoms with Gasteiger partial charge in [0.05, 0.1) is 0 Å². The highest BCUT2D eigenvalue weighted by molar-refractivity contribution is 5.84. The lowest BCUT2D eigenvalue weighted by Gasteiger charge is -2.33. The number of alkyl halides is 3. The number of hydrogen-bond donors (Lipinski definition) is 1. The molecule has 88 valence electrons. The van der Waals surface area contributed by atoms with Gasteiger partial charge in [-0.05, 0) is 27.7 Å². The summed E-state index contributed by atoms with van der Waals surface area (Å²) in [6.45, 7) is 5.44. The molecular formula is C8H13F3N2O2. The molecule has 0 aliphatic carbocycles. The third-order valence-corrected chi connectivity index (χ3v) is 3.18. The van der Waals surface area contributed by atoms with Gasteiger partial charge in [-0.2, -0.15) is 13.2 Å². The lowest BCUT2D eigenvalue weighted by atomic mass is 9.84. The number of halogens is 3. The zero-order chi connectivity index (χ0) is 12.2. The first-order valence-electron chi connectivity index (χ1n) is 4.34. The van der Waals surface area contributed by atoms with Crippen LogP contribution in [-0.2, 0) is 0 Å². The van der Waals surface area contributed by atoms with Gasteiger partial charge < -0.3 is 5.21 Å². The molecule has 7 heteroatoms. The molecule has 1 aliphatic rings. The normalized spacial score (nSPS) is 24.9. The first kappa shape index (κ1) is 12.1. The summed E-state index contributed by atoms with van der Waals surface area (Å²) in [4.78, 5) is 0. The van der Waals surface area contributed by atoms with Crippen LogP contribution in [0.25, 0.3) is 0 Å². The summed E-state index contributed by atoms with van der Waals surface area (Å²) in [6.07, 6.45) is -4.86. The summed E-state index contributed by atoms with van der Waals surface area (Å²) < 4.78 is 37.2. The molecule has 0 amide bonds. The van der Waals surface area contributed by atoms with Crippen LogP contribution in [0.1, 0.15) is 27.7 Å². The largest absolute Gasteiger partial charge is 0.714 e. The second kappa shape index (κ2) is 2.78. The minimum Gasteiger partial charge on any atom is -0.714 e. The Balaban J connectivity index is 3.37. The maximum Gasteiger partial charge on any atom is 0.497 e. The van der Waals surface area contributed by atoms with Crippen LogP contribution in [0.4, 0.5) is 13.2 Å². The van der Waals surface area contributed by atoms with Crippen LogP contribution in [0, 0.1) is 5.21 Å². The molecule has 1 rings (SSSR count). The van der Waals surface area contributed by atoms with Gasteiger partial charge in [0.2, 0.25) is 0 Å². The highest BCUT2D eigenvalue weighted by atomic mass is 19.4. The molecule has 0 saturated heterocycles. The van der Waals surface area contributed by atoms with Crippen molar-refractivity contribution in [1.29, 1.82) is 0 Å². The lowest BCUT2D eigenvalue weighted by Crippen LogP contribution is -2.54. The first-order chi connectivity index (χ1) is 6.44. The summed E-state index contributed by atoms with van der Waals surface area (Å²) in [7, 11) is 0. The highest BCUT2D eigenvalue weighted by Gasteiger charge is 2.65. The van der Waals surface area contributed by atoms with Crippen molar-refractivity contribution in [3.8, 4) is 0 Å². The maximum absolute atomic E-state index is 12.5. The van der Waals surface area contributed by atoms with Crippen molar-refractivity contribution in [1.82, 2.24) is 5.06 Å². The summed E-state index contributed by atoms with van der Waals surface area (Å²) in [6, 6.07) is 0. The summed E-state index contributed by atoms with van der Waals surface area (Å²) in [5, 5.41) is 20.9. The number of hydrogen-bond acceptors (Lipinski definition) is 3. The monoisotopic (exact) mass is 226 g/mol. The van der Waals surface area contributed by atoms with Crippen LogP contribution in [0.15, 0.2) is 0 Å². The summed E-state index contributed by atoms with van der Waals surface area (Å²) in [5.41, 5.74) is -2.66. The molecule has 1 N–H and O–H groups in total. The van der Waals surface area contributed by atoms with Crippen LogP contribution in [0.3, 0.4) is 0 Å². The van der Waals surface area contributed by atoms with Crippen LogP contribution in [-0.4, -0.2) is 38.1 Å². The van der Waals surface area contributed by atoms with Crippen molar-refractivity contribution < 1.29 is 23.1 Å². The molecule has 0 bridgehead atoms. The molecule has 0 unspecified atom stereocenters. The van der Waals surface area contributed by atoms with E-state index in [0.717, 1.165) is 0 Å². The predicted molar refractivity (Wildman–Crippen MR) is 46.5 cm³/mol. The molecule has 0 fully saturated rings. The van der Waals surface area contributed by atoms with Crippen molar-refractivity contribution >= 4 is 5.84 Å². The molecule has 0 aromatic heterocycles. The van der Waals surface area contributed by atoms with Gasteiger partial charge in [-0.25, -0.2) is 5.21 Å². The Labute approximate surface area is 85.1 Å². The lowest BCUT2D eigenvalue weighted by molar-refractivity contribution is -0.545. The van der Waals surface area contributed by atoms with E-state index in [0.29, 0.717) is 0 Å². The Morgan fingerprint density at radius 2 is 1.67 bits per heavy atom. The van der Waals surface area contributed by atoms with Gasteiger partial charge in [-0.1, -0.05) is 0 Å². The van der Waals surface area contributed by atoms with E-state index >= 15 is 0 Å². The number of nitrogens with zero attached hydrogens (tertiary/aromatic N) is 2. The summed E-state index contributed by atoms with van der Waals surface area (Å²) in [5.74, 6) is -1.57. The van der Waals surface area contributed by atoms with Crippen LogP contribution < -0.4 is 0 Å². The summed E-state index contributed by atoms with van der Waals surface area (Å²) >= 11 is 0. The van der Waals surface area contributed by atoms with E-state index < -0.39 is 23.1 Å². The Morgan fingerprint density at radius 3 is 1.80 bits per heavy atom. The minimum atomic E-state index is -4.86. The molecule has 1 heterocycles. The molecule has 1 aliphatic heterocycles. The van der Waals surface area contributed by atoms with Gasteiger partial charge in [0, 0.05) is 0 Å². The molecule has 0 saturated carbocycles. The molecular weight excluding hydrogens is 213 g/mol. The van der Waals surface area contributed by atoms with Gasteiger partial charge in [0.1, 0.15) is 5.54 Å². The number of hydroxylamine groups is 3. The van der Waals surface area contributed by atoms with Crippen molar-refractivity contribution in [2.45, 2.75) is 44.9 Å². The smallest absolute Gasteiger partial charge is 0.497 e. The fraction of sp³-hybridized carbons (Fsp3) is 0.875. The fourth-order valence-corrected chi connectivity index (χ4v) is 1.36. The average molecular weight is 226 g/mol. The van der Waals surface area contributed by atoms with Gasteiger partial charge >= 0.3 is 12.0 Å². The zero-order valence-corrected chi connectivity index (χ0v) is 8.88. The molecule has 0 aromatic rings. The third kappa shape index (κ3) is 1.37. The zero-order valence-electron chi connectivity index (χ0n) is 8.88. The van der Waals surface area contributed by atoms with Gasteiger partial charge in [-0.3, -0.25) is 4.74 Å². The van der Waals surface area contributed by atoms with Crippen molar-refractivity contribution in [2.75, 3.05) is 0 Å². The molecule has 0 atom stereocenters. The van der Waals surface area contributed by atoms with E-state index in [9.17, 15) is 23.6 Å². The molecule has 0 radical (unpaired) electrons. The quantitative estimate of drug-likeness (QED) is 0.505. The fourth-order valence-electron chi connectivity index (χ4n) is 1.36. The van der Waals surface area contributed by atoms with E-state index in [2.05, 4.69) is 0 Å². The minimum absolute atomic E-state index is 0. The SMILES string of the molecule is CC1(C)N(O)C(C(F)(F)F)=[N+]([O-])C1(C)C. The second-order valence-corrected chi connectivity index (χ2v) is 4.55. The molecule has 0 aromatic carbocycles. The van der Waals surface area contributed by atoms with E-state index in [-0.39, 0.29) is 9.80 Å². The Morgan fingerprint density at radius 1 is 1.27 bits per heavy atom. The van der Waals surface area contributed by atoms with Gasteiger partial charge in [0.15, 0.2) is 5.54 Å². The van der Waals surface area contributed by atoms with E-state index in [1.807, 2.05) is 0 Å². The average Bonchev–Trinajstić information content (AvgIpc) is 2.10. The number of amidine groups is 1. The maximum atomic E-state index is 12.5. The van der Waals surface area contributed by atoms with Crippen LogP contribution in [0.5, 0.6) is 0 Å². The third-order valence-electron chi connectivity index (χ3n) is 3.18. The van der Waals surface area contributed by atoms with Crippen LogP contribution in [0.2, 0.25) is 0 Å². The standard InChI is InChI=1S/C8H13F3N2O2/c1-6(2)7(3,4)13(15)5(12(6)14)8(9,10)11/h14H,1-4H3. The van der Waals surface area contributed by atoms with Crippen molar-refractivity contribution in [3.05, 3.63) is 5.21 Å². The molecule has 0 spiro atoms. The number of rotatable bonds is 0. The van der Waals surface area contributed by atoms with Gasteiger partial charge in [0.25, 0.3) is 0 Å². The topological polar surface area (TPSA) is 49.5 Å².